The van der Waals surface area contributed by atoms with Crippen LogP contribution < -0.4 is 9.47 Å². The summed E-state index contributed by atoms with van der Waals surface area (Å²) in [7, 11) is 4.49. The summed E-state index contributed by atoms with van der Waals surface area (Å²) in [5.41, 5.74) is 1.57. The molecule has 3 rings (SSSR count). The SMILES string of the molecule is C#CCOc1c(C=C2SC(=Nc3cccc(C(=O)OC)c3)N(C)C2=O)cccc1OC. The highest BCUT2D eigenvalue weighted by Gasteiger charge is 2.31. The van der Waals surface area contributed by atoms with Gasteiger partial charge >= 0.3 is 5.97 Å². The molecule has 0 saturated carbocycles. The van der Waals surface area contributed by atoms with E-state index in [1.807, 2.05) is 6.07 Å². The number of methoxy groups -OCH3 is 2. The smallest absolute Gasteiger partial charge is 0.337 e. The summed E-state index contributed by atoms with van der Waals surface area (Å²) in [4.78, 5) is 31.0. The van der Waals surface area contributed by atoms with Crippen molar-refractivity contribution in [1.29, 1.82) is 0 Å². The number of benzene rings is 2. The number of carbonyl (C=O) groups excluding carboxylic acids is 2. The van der Waals surface area contributed by atoms with Crippen LogP contribution in [0.1, 0.15) is 15.9 Å². The first kappa shape index (κ1) is 22.0. The second kappa shape index (κ2) is 9.87. The first-order valence-corrected chi connectivity index (χ1v) is 9.98. The highest BCUT2D eigenvalue weighted by Crippen LogP contribution is 2.37. The zero-order valence-corrected chi connectivity index (χ0v) is 18.1. The van der Waals surface area contributed by atoms with E-state index in [1.165, 1.54) is 30.9 Å². The Bertz CT molecular complexity index is 1120. The van der Waals surface area contributed by atoms with Crippen LogP contribution in [0.5, 0.6) is 11.5 Å². The van der Waals surface area contributed by atoms with Gasteiger partial charge < -0.3 is 14.2 Å². The lowest BCUT2D eigenvalue weighted by atomic mass is 10.1. The van der Waals surface area contributed by atoms with E-state index in [0.717, 1.165) is 0 Å². The highest BCUT2D eigenvalue weighted by atomic mass is 32.2. The van der Waals surface area contributed by atoms with Crippen molar-refractivity contribution in [2.24, 2.45) is 4.99 Å². The molecule has 1 aliphatic rings. The standard InChI is InChI=1S/C23H20N2O5S/c1-5-12-30-20-15(8-7-11-18(20)28-3)14-19-21(26)25(2)23(31-19)24-17-10-6-9-16(13-17)22(27)29-4/h1,6-11,13-14H,12H2,2-4H3. The minimum atomic E-state index is -0.455. The van der Waals surface area contributed by atoms with Crippen molar-refractivity contribution >= 4 is 40.6 Å². The van der Waals surface area contributed by atoms with Gasteiger partial charge in [-0.25, -0.2) is 9.79 Å². The molecule has 2 aromatic rings. The molecule has 158 valence electrons. The predicted octanol–water partition coefficient (Wildman–Crippen LogP) is 3.73. The molecule has 0 aliphatic carbocycles. The summed E-state index contributed by atoms with van der Waals surface area (Å²) in [5, 5.41) is 0.479. The van der Waals surface area contributed by atoms with Gasteiger partial charge in [-0.1, -0.05) is 24.1 Å². The predicted molar refractivity (Wildman–Crippen MR) is 121 cm³/mol. The minimum Gasteiger partial charge on any atom is -0.493 e. The second-order valence-corrected chi connectivity index (χ2v) is 7.29. The third kappa shape index (κ3) is 4.90. The Morgan fingerprint density at radius 3 is 2.74 bits per heavy atom. The van der Waals surface area contributed by atoms with E-state index in [4.69, 9.17) is 20.6 Å². The number of hydrogen-bond donors (Lipinski definition) is 0. The lowest BCUT2D eigenvalue weighted by molar-refractivity contribution is -0.121. The van der Waals surface area contributed by atoms with E-state index in [-0.39, 0.29) is 12.5 Å². The summed E-state index contributed by atoms with van der Waals surface area (Å²) < 4.78 is 15.7. The molecule has 0 N–H and O–H groups in total. The van der Waals surface area contributed by atoms with Crippen LogP contribution in [0.25, 0.3) is 6.08 Å². The number of amidine groups is 1. The Hall–Kier alpha value is -3.70. The number of likely N-dealkylation sites (N-methyl/N-ethyl adjacent to an activating group) is 1. The first-order chi connectivity index (χ1) is 15.0. The Morgan fingerprint density at radius 1 is 1.26 bits per heavy atom. The maximum atomic E-state index is 12.8. The summed E-state index contributed by atoms with van der Waals surface area (Å²) in [6, 6.07) is 12.1. The van der Waals surface area contributed by atoms with Gasteiger partial charge in [0.1, 0.15) is 6.61 Å². The van der Waals surface area contributed by atoms with Crippen LogP contribution in [0.3, 0.4) is 0 Å². The van der Waals surface area contributed by atoms with Crippen LogP contribution in [-0.2, 0) is 9.53 Å². The summed E-state index contributed by atoms with van der Waals surface area (Å²) in [6.45, 7) is 0.0702. The van der Waals surface area contributed by atoms with Crippen molar-refractivity contribution in [1.82, 2.24) is 4.90 Å². The van der Waals surface area contributed by atoms with E-state index in [0.29, 0.717) is 38.4 Å². The number of terminal acetylenes is 1. The van der Waals surface area contributed by atoms with Gasteiger partial charge in [-0.05, 0) is 42.1 Å². The third-order valence-electron chi connectivity index (χ3n) is 4.31. The Balaban J connectivity index is 1.94. The second-order valence-electron chi connectivity index (χ2n) is 6.28. The molecule has 0 atom stereocenters. The quantitative estimate of drug-likeness (QED) is 0.390. The molecule has 1 fully saturated rings. The number of ether oxygens (including phenoxy) is 3. The van der Waals surface area contributed by atoms with Crippen molar-refractivity contribution < 1.29 is 23.8 Å². The van der Waals surface area contributed by atoms with Crippen molar-refractivity contribution in [2.45, 2.75) is 0 Å². The average molecular weight is 436 g/mol. The first-order valence-electron chi connectivity index (χ1n) is 9.16. The van der Waals surface area contributed by atoms with Crippen LogP contribution in [0, 0.1) is 12.3 Å². The Labute approximate surface area is 184 Å². The molecule has 0 bridgehead atoms. The molecule has 8 heteroatoms. The lowest BCUT2D eigenvalue weighted by Gasteiger charge is -2.11. The van der Waals surface area contributed by atoms with E-state index in [1.54, 1.807) is 49.5 Å². The van der Waals surface area contributed by atoms with Gasteiger partial charge in [0.05, 0.1) is 30.4 Å². The fourth-order valence-corrected chi connectivity index (χ4v) is 3.78. The number of para-hydroxylation sites is 1. The molecule has 1 aliphatic heterocycles. The molecule has 31 heavy (non-hydrogen) atoms. The molecular formula is C23H20N2O5S. The third-order valence-corrected chi connectivity index (χ3v) is 5.37. The van der Waals surface area contributed by atoms with Gasteiger partial charge in [0.2, 0.25) is 0 Å². The van der Waals surface area contributed by atoms with Crippen LogP contribution >= 0.6 is 11.8 Å². The van der Waals surface area contributed by atoms with Gasteiger partial charge in [-0.3, -0.25) is 9.69 Å². The monoisotopic (exact) mass is 436 g/mol. The van der Waals surface area contributed by atoms with Gasteiger partial charge in [0, 0.05) is 12.6 Å². The van der Waals surface area contributed by atoms with Crippen LogP contribution in [0.2, 0.25) is 0 Å². The Kier molecular flexibility index (Phi) is 7.00. The molecule has 0 unspecified atom stereocenters. The minimum absolute atomic E-state index is 0.0702. The number of hydrogen-bond acceptors (Lipinski definition) is 7. The van der Waals surface area contributed by atoms with E-state index in [2.05, 4.69) is 10.9 Å². The Morgan fingerprint density at radius 2 is 2.03 bits per heavy atom. The normalized spacial score (nSPS) is 15.8. The van der Waals surface area contributed by atoms with Crippen LogP contribution in [-0.4, -0.2) is 49.8 Å². The molecule has 2 aromatic carbocycles. The van der Waals surface area contributed by atoms with Gasteiger partial charge in [0.15, 0.2) is 16.7 Å². The number of aliphatic imine (C=N–C) groups is 1. The van der Waals surface area contributed by atoms with E-state index < -0.39 is 5.97 Å². The van der Waals surface area contributed by atoms with Gasteiger partial charge in [-0.2, -0.15) is 0 Å². The molecule has 0 spiro atoms. The van der Waals surface area contributed by atoms with Crippen molar-refractivity contribution in [3.63, 3.8) is 0 Å². The molecule has 7 nitrogen and oxygen atoms in total. The highest BCUT2D eigenvalue weighted by molar-refractivity contribution is 8.18. The topological polar surface area (TPSA) is 77.4 Å². The van der Waals surface area contributed by atoms with E-state index >= 15 is 0 Å². The number of thioether (sulfide) groups is 1. The van der Waals surface area contributed by atoms with Crippen LogP contribution in [0.4, 0.5) is 5.69 Å². The van der Waals surface area contributed by atoms with Crippen LogP contribution in [0.15, 0.2) is 52.4 Å². The van der Waals surface area contributed by atoms with Crippen molar-refractivity contribution in [3.8, 4) is 23.8 Å². The fourth-order valence-electron chi connectivity index (χ4n) is 2.80. The number of esters is 1. The maximum Gasteiger partial charge on any atom is 0.337 e. The molecule has 1 heterocycles. The lowest BCUT2D eigenvalue weighted by Crippen LogP contribution is -2.23. The number of rotatable bonds is 6. The summed E-state index contributed by atoms with van der Waals surface area (Å²) in [6.07, 6.45) is 7.02. The largest absolute Gasteiger partial charge is 0.493 e. The zero-order chi connectivity index (χ0) is 22.4. The number of carbonyl (C=O) groups is 2. The van der Waals surface area contributed by atoms with Crippen molar-refractivity contribution in [2.75, 3.05) is 27.9 Å². The summed E-state index contributed by atoms with van der Waals surface area (Å²) in [5.74, 6) is 2.74. The number of nitrogens with zero attached hydrogens (tertiary/aromatic N) is 2. The van der Waals surface area contributed by atoms with Crippen molar-refractivity contribution in [3.05, 3.63) is 58.5 Å². The van der Waals surface area contributed by atoms with Gasteiger partial charge in [-0.15, -0.1) is 6.42 Å². The molecular weight excluding hydrogens is 416 g/mol. The van der Waals surface area contributed by atoms with E-state index in [9.17, 15) is 9.59 Å². The molecule has 1 amide bonds. The molecule has 0 aromatic heterocycles. The fraction of sp³-hybridized carbons (Fsp3) is 0.174. The van der Waals surface area contributed by atoms with Gasteiger partial charge in [0.25, 0.3) is 5.91 Å². The zero-order valence-electron chi connectivity index (χ0n) is 17.2. The molecule has 0 radical (unpaired) electrons. The maximum absolute atomic E-state index is 12.8. The summed E-state index contributed by atoms with van der Waals surface area (Å²) >= 11 is 1.22. The molecule has 1 saturated heterocycles. The number of amides is 1. The average Bonchev–Trinajstić information content (AvgIpc) is 3.05.